The van der Waals surface area contributed by atoms with Gasteiger partial charge in [0.25, 0.3) is 0 Å². The zero-order chi connectivity index (χ0) is 16.7. The van der Waals surface area contributed by atoms with Gasteiger partial charge in [-0.05, 0) is 73.8 Å². The first-order valence-electron chi connectivity index (χ1n) is 8.79. The molecule has 2 aliphatic carbocycles. The number of carboxylic acids is 1. The van der Waals surface area contributed by atoms with E-state index in [1.807, 2.05) is 6.07 Å². The van der Waals surface area contributed by atoms with Gasteiger partial charge in [0.1, 0.15) is 0 Å². The van der Waals surface area contributed by atoms with Crippen LogP contribution in [0.2, 0.25) is 0 Å². The number of aliphatic carboxylic acids is 1. The number of rotatable bonds is 4. The molecule has 0 bridgehead atoms. The van der Waals surface area contributed by atoms with Gasteiger partial charge < -0.3 is 9.52 Å². The highest BCUT2D eigenvalue weighted by Gasteiger charge is 2.56. The lowest BCUT2D eigenvalue weighted by Crippen LogP contribution is -2.52. The van der Waals surface area contributed by atoms with Gasteiger partial charge in [0.05, 0.1) is 18.4 Å². The Morgan fingerprint density at radius 3 is 2.83 bits per heavy atom. The summed E-state index contributed by atoms with van der Waals surface area (Å²) in [5, 5.41) is 9.84. The summed E-state index contributed by atoms with van der Waals surface area (Å²) in [5.74, 6) is -0.408. The standard InChI is InChI=1S/C20H28O3/c1-14-5-4-6-17-19(14,2)11-8-16(18(21)22)20(17,3)10-7-15-9-12-23-13-15/h5,9,12-13,16-17H,4,6-8,10-11H2,1-3H3,(H,21,22). The molecule has 1 aromatic rings. The summed E-state index contributed by atoms with van der Waals surface area (Å²) < 4.78 is 5.18. The number of hydrogen-bond acceptors (Lipinski definition) is 2. The maximum atomic E-state index is 12.0. The van der Waals surface area contributed by atoms with Crippen molar-refractivity contribution in [2.75, 3.05) is 0 Å². The molecule has 0 radical (unpaired) electrons. The molecule has 0 saturated heterocycles. The van der Waals surface area contributed by atoms with E-state index in [4.69, 9.17) is 4.42 Å². The molecule has 1 saturated carbocycles. The fourth-order valence-electron chi connectivity index (χ4n) is 5.34. The molecule has 3 nitrogen and oxygen atoms in total. The number of carboxylic acid groups (broad SMARTS) is 1. The smallest absolute Gasteiger partial charge is 0.307 e. The summed E-state index contributed by atoms with van der Waals surface area (Å²) in [5.41, 5.74) is 2.64. The monoisotopic (exact) mass is 316 g/mol. The third-order valence-electron chi connectivity index (χ3n) is 6.95. The van der Waals surface area contributed by atoms with Crippen molar-refractivity contribution < 1.29 is 14.3 Å². The van der Waals surface area contributed by atoms with Crippen LogP contribution in [0.25, 0.3) is 0 Å². The minimum atomic E-state index is -0.617. The van der Waals surface area contributed by atoms with Gasteiger partial charge in [-0.3, -0.25) is 4.79 Å². The van der Waals surface area contributed by atoms with E-state index >= 15 is 0 Å². The van der Waals surface area contributed by atoms with Crippen molar-refractivity contribution in [1.82, 2.24) is 0 Å². The van der Waals surface area contributed by atoms with E-state index in [1.54, 1.807) is 12.5 Å². The number of hydrogen-bond donors (Lipinski definition) is 1. The van der Waals surface area contributed by atoms with E-state index in [9.17, 15) is 9.90 Å². The van der Waals surface area contributed by atoms with Crippen LogP contribution in [-0.4, -0.2) is 11.1 Å². The van der Waals surface area contributed by atoms with Gasteiger partial charge in [-0.15, -0.1) is 0 Å². The van der Waals surface area contributed by atoms with Gasteiger partial charge in [-0.1, -0.05) is 25.5 Å². The summed E-state index contributed by atoms with van der Waals surface area (Å²) >= 11 is 0. The van der Waals surface area contributed by atoms with Gasteiger partial charge >= 0.3 is 5.97 Å². The molecular formula is C20H28O3. The van der Waals surface area contributed by atoms with Crippen LogP contribution in [0.5, 0.6) is 0 Å². The predicted octanol–water partition coefficient (Wildman–Crippen LogP) is 5.08. The van der Waals surface area contributed by atoms with Gasteiger partial charge in [0.2, 0.25) is 0 Å². The first kappa shape index (κ1) is 16.4. The topological polar surface area (TPSA) is 50.4 Å². The molecule has 0 aliphatic heterocycles. The number of allylic oxidation sites excluding steroid dienone is 2. The van der Waals surface area contributed by atoms with E-state index in [0.717, 1.165) is 38.5 Å². The van der Waals surface area contributed by atoms with Gasteiger partial charge in [-0.2, -0.15) is 0 Å². The third kappa shape index (κ3) is 2.64. The summed E-state index contributed by atoms with van der Waals surface area (Å²) in [6.07, 6.45) is 11.6. The molecule has 0 spiro atoms. The third-order valence-corrected chi connectivity index (χ3v) is 6.95. The summed E-state index contributed by atoms with van der Waals surface area (Å²) in [4.78, 5) is 12.0. The Hall–Kier alpha value is -1.51. The second-order valence-electron chi connectivity index (χ2n) is 8.00. The highest BCUT2D eigenvalue weighted by atomic mass is 16.4. The number of fused-ring (bicyclic) bond motifs is 1. The Balaban J connectivity index is 1.93. The Morgan fingerprint density at radius 1 is 1.39 bits per heavy atom. The highest BCUT2D eigenvalue weighted by Crippen LogP contribution is 2.61. The van der Waals surface area contributed by atoms with E-state index in [2.05, 4.69) is 26.8 Å². The SMILES string of the molecule is CC1=CCCC2C1(C)CCC(C(=O)O)C2(C)CCc1ccoc1. The first-order valence-corrected chi connectivity index (χ1v) is 8.79. The molecule has 1 heterocycles. The molecule has 2 aliphatic rings. The molecule has 1 N–H and O–H groups in total. The first-order chi connectivity index (χ1) is 10.9. The molecule has 126 valence electrons. The molecule has 4 unspecified atom stereocenters. The number of carbonyl (C=O) groups is 1. The second kappa shape index (κ2) is 5.85. The van der Waals surface area contributed by atoms with E-state index in [1.165, 1.54) is 11.1 Å². The minimum absolute atomic E-state index is 0.161. The summed E-state index contributed by atoms with van der Waals surface area (Å²) in [6, 6.07) is 1.99. The number of furan rings is 1. The maximum absolute atomic E-state index is 12.0. The zero-order valence-electron chi connectivity index (χ0n) is 14.5. The maximum Gasteiger partial charge on any atom is 0.307 e. The van der Waals surface area contributed by atoms with Crippen LogP contribution >= 0.6 is 0 Å². The highest BCUT2D eigenvalue weighted by molar-refractivity contribution is 5.71. The fourth-order valence-corrected chi connectivity index (χ4v) is 5.34. The quantitative estimate of drug-likeness (QED) is 0.788. The zero-order valence-corrected chi connectivity index (χ0v) is 14.5. The Morgan fingerprint density at radius 2 is 2.17 bits per heavy atom. The van der Waals surface area contributed by atoms with Gasteiger partial charge in [-0.25, -0.2) is 0 Å². The second-order valence-corrected chi connectivity index (χ2v) is 8.00. The van der Waals surface area contributed by atoms with Crippen LogP contribution in [0.1, 0.15) is 58.4 Å². The van der Waals surface area contributed by atoms with Crippen LogP contribution in [0, 0.1) is 22.7 Å². The Bertz CT molecular complexity index is 600. The van der Waals surface area contributed by atoms with Gasteiger partial charge in [0, 0.05) is 0 Å². The van der Waals surface area contributed by atoms with E-state index in [0.29, 0.717) is 5.92 Å². The van der Waals surface area contributed by atoms with Crippen LogP contribution < -0.4 is 0 Å². The van der Waals surface area contributed by atoms with Crippen molar-refractivity contribution in [2.45, 2.75) is 59.3 Å². The van der Waals surface area contributed by atoms with Gasteiger partial charge in [0.15, 0.2) is 0 Å². The minimum Gasteiger partial charge on any atom is -0.481 e. The average Bonchev–Trinajstić information content (AvgIpc) is 3.01. The lowest BCUT2D eigenvalue weighted by atomic mass is 9.46. The Kier molecular flexibility index (Phi) is 4.16. The Labute approximate surface area is 138 Å². The molecule has 0 amide bonds. The van der Waals surface area contributed by atoms with Crippen molar-refractivity contribution >= 4 is 5.97 Å². The molecule has 3 heteroatoms. The molecule has 1 fully saturated rings. The van der Waals surface area contributed by atoms with Crippen LogP contribution in [-0.2, 0) is 11.2 Å². The van der Waals surface area contributed by atoms with Crippen LogP contribution in [0.4, 0.5) is 0 Å². The summed E-state index contributed by atoms with van der Waals surface area (Å²) in [6.45, 7) is 6.83. The van der Waals surface area contributed by atoms with Crippen LogP contribution in [0.3, 0.4) is 0 Å². The lowest BCUT2D eigenvalue weighted by molar-refractivity contribution is -0.156. The molecule has 3 rings (SSSR count). The van der Waals surface area contributed by atoms with Crippen molar-refractivity contribution in [2.24, 2.45) is 22.7 Å². The number of aryl methyl sites for hydroxylation is 1. The molecular weight excluding hydrogens is 288 g/mol. The molecule has 1 aromatic heterocycles. The van der Waals surface area contributed by atoms with Crippen molar-refractivity contribution in [3.05, 3.63) is 35.8 Å². The van der Waals surface area contributed by atoms with Crippen molar-refractivity contribution in [3.63, 3.8) is 0 Å². The summed E-state index contributed by atoms with van der Waals surface area (Å²) in [7, 11) is 0. The molecule has 23 heavy (non-hydrogen) atoms. The largest absolute Gasteiger partial charge is 0.481 e. The predicted molar refractivity (Wildman–Crippen MR) is 90.1 cm³/mol. The lowest BCUT2D eigenvalue weighted by Gasteiger charge is -2.57. The van der Waals surface area contributed by atoms with Crippen molar-refractivity contribution in [3.8, 4) is 0 Å². The van der Waals surface area contributed by atoms with E-state index in [-0.39, 0.29) is 16.7 Å². The van der Waals surface area contributed by atoms with Crippen molar-refractivity contribution in [1.29, 1.82) is 0 Å². The molecule has 4 atom stereocenters. The normalized spacial score (nSPS) is 37.1. The van der Waals surface area contributed by atoms with Crippen LogP contribution in [0.15, 0.2) is 34.7 Å². The van der Waals surface area contributed by atoms with E-state index < -0.39 is 5.97 Å². The average molecular weight is 316 g/mol. The molecule has 0 aromatic carbocycles. The fraction of sp³-hybridized carbons (Fsp3) is 0.650.